The van der Waals surface area contributed by atoms with Crippen LogP contribution in [0.15, 0.2) is 24.3 Å². The fourth-order valence-corrected chi connectivity index (χ4v) is 1.28. The Hall–Kier alpha value is -1.51. The molecule has 0 aliphatic heterocycles. The number of aliphatic carboxylic acids is 1. The summed E-state index contributed by atoms with van der Waals surface area (Å²) in [5, 5.41) is 18.4. The molecule has 0 saturated heterocycles. The lowest BCUT2D eigenvalue weighted by molar-refractivity contribution is -0.147. The smallest absolute Gasteiger partial charge is 0.309 e. The van der Waals surface area contributed by atoms with Crippen LogP contribution in [0.3, 0.4) is 0 Å². The lowest BCUT2D eigenvalue weighted by Crippen LogP contribution is -2.24. The molecular formula is C12H16O3. The van der Waals surface area contributed by atoms with Crippen LogP contribution >= 0.6 is 0 Å². The van der Waals surface area contributed by atoms with Crippen LogP contribution in [-0.2, 0) is 11.2 Å². The number of carboxylic acid groups (broad SMARTS) is 1. The summed E-state index contributed by atoms with van der Waals surface area (Å²) in [6.07, 6.45) is 1.09. The van der Waals surface area contributed by atoms with Gasteiger partial charge in [0.2, 0.25) is 0 Å². The molecule has 1 aromatic carbocycles. The largest absolute Gasteiger partial charge is 0.508 e. The van der Waals surface area contributed by atoms with Gasteiger partial charge in [-0.25, -0.2) is 0 Å². The number of aryl methyl sites for hydroxylation is 1. The molecule has 0 heterocycles. The minimum atomic E-state index is -0.807. The van der Waals surface area contributed by atoms with E-state index < -0.39 is 11.4 Å². The minimum absolute atomic E-state index is 0.235. The molecule has 1 rings (SSSR count). The zero-order chi connectivity index (χ0) is 11.5. The highest BCUT2D eigenvalue weighted by atomic mass is 16.4. The van der Waals surface area contributed by atoms with Gasteiger partial charge in [-0.05, 0) is 38.3 Å². The van der Waals surface area contributed by atoms with Crippen LogP contribution in [0.25, 0.3) is 0 Å². The number of hydrogen-bond donors (Lipinski definition) is 2. The van der Waals surface area contributed by atoms with Crippen LogP contribution < -0.4 is 0 Å². The lowest BCUT2D eigenvalue weighted by atomic mass is 9.86. The zero-order valence-electron chi connectivity index (χ0n) is 9.03. The molecule has 1 aromatic rings. The van der Waals surface area contributed by atoms with E-state index in [0.717, 1.165) is 5.56 Å². The summed E-state index contributed by atoms with van der Waals surface area (Å²) in [4.78, 5) is 10.9. The first-order valence-electron chi connectivity index (χ1n) is 4.94. The molecule has 0 radical (unpaired) electrons. The molecule has 0 aliphatic rings. The Morgan fingerprint density at radius 1 is 1.33 bits per heavy atom. The fourth-order valence-electron chi connectivity index (χ4n) is 1.28. The minimum Gasteiger partial charge on any atom is -0.508 e. The van der Waals surface area contributed by atoms with Crippen LogP contribution in [0, 0.1) is 5.41 Å². The van der Waals surface area contributed by atoms with Gasteiger partial charge in [0.25, 0.3) is 0 Å². The number of phenols is 1. The lowest BCUT2D eigenvalue weighted by Gasteiger charge is -2.18. The van der Waals surface area contributed by atoms with Crippen molar-refractivity contribution in [3.8, 4) is 5.75 Å². The maximum atomic E-state index is 10.9. The van der Waals surface area contributed by atoms with Gasteiger partial charge in [-0.15, -0.1) is 0 Å². The van der Waals surface area contributed by atoms with Gasteiger partial charge in [-0.3, -0.25) is 4.79 Å². The van der Waals surface area contributed by atoms with Gasteiger partial charge in [0.05, 0.1) is 5.41 Å². The summed E-state index contributed by atoms with van der Waals surface area (Å²) in [5.74, 6) is -0.573. The van der Waals surface area contributed by atoms with Crippen molar-refractivity contribution in [3.05, 3.63) is 29.8 Å². The van der Waals surface area contributed by atoms with Crippen molar-refractivity contribution >= 4 is 5.97 Å². The van der Waals surface area contributed by atoms with Gasteiger partial charge in [0.1, 0.15) is 5.75 Å². The molecule has 3 heteroatoms. The molecule has 0 unspecified atom stereocenters. The number of aromatic hydroxyl groups is 1. The van der Waals surface area contributed by atoms with Gasteiger partial charge in [-0.1, -0.05) is 18.2 Å². The first-order chi connectivity index (χ1) is 6.93. The van der Waals surface area contributed by atoms with Gasteiger partial charge < -0.3 is 10.2 Å². The Bertz CT molecular complexity index is 356. The molecule has 2 N–H and O–H groups in total. The third-order valence-electron chi connectivity index (χ3n) is 2.59. The van der Waals surface area contributed by atoms with E-state index in [-0.39, 0.29) is 5.75 Å². The number of para-hydroxylation sites is 1. The number of benzene rings is 1. The molecule has 0 bridgehead atoms. The molecule has 0 aliphatic carbocycles. The summed E-state index contributed by atoms with van der Waals surface area (Å²) in [7, 11) is 0. The van der Waals surface area contributed by atoms with Crippen LogP contribution in [0.1, 0.15) is 25.8 Å². The van der Waals surface area contributed by atoms with Crippen LogP contribution in [-0.4, -0.2) is 16.2 Å². The third-order valence-corrected chi connectivity index (χ3v) is 2.59. The number of rotatable bonds is 4. The van der Waals surface area contributed by atoms with E-state index in [9.17, 15) is 9.90 Å². The van der Waals surface area contributed by atoms with Crippen molar-refractivity contribution in [2.75, 3.05) is 0 Å². The molecular weight excluding hydrogens is 192 g/mol. The summed E-state index contributed by atoms with van der Waals surface area (Å²) >= 11 is 0. The molecule has 0 amide bonds. The Balaban J connectivity index is 2.66. The van der Waals surface area contributed by atoms with Gasteiger partial charge >= 0.3 is 5.97 Å². The number of carbonyl (C=O) groups is 1. The monoisotopic (exact) mass is 208 g/mol. The maximum Gasteiger partial charge on any atom is 0.309 e. The number of carboxylic acids is 1. The van der Waals surface area contributed by atoms with E-state index in [2.05, 4.69) is 0 Å². The molecule has 0 spiro atoms. The predicted octanol–water partition coefficient (Wildman–Crippen LogP) is 2.44. The third kappa shape index (κ3) is 2.98. The molecule has 15 heavy (non-hydrogen) atoms. The molecule has 0 aromatic heterocycles. The summed E-state index contributed by atoms with van der Waals surface area (Å²) < 4.78 is 0. The molecule has 3 nitrogen and oxygen atoms in total. The normalized spacial score (nSPS) is 11.3. The van der Waals surface area contributed by atoms with Crippen molar-refractivity contribution < 1.29 is 15.0 Å². The average Bonchev–Trinajstić information content (AvgIpc) is 2.16. The molecule has 0 saturated carbocycles. The van der Waals surface area contributed by atoms with Crippen molar-refractivity contribution in [3.63, 3.8) is 0 Å². The van der Waals surface area contributed by atoms with E-state index in [1.807, 2.05) is 12.1 Å². The highest BCUT2D eigenvalue weighted by molar-refractivity contribution is 5.73. The van der Waals surface area contributed by atoms with Crippen molar-refractivity contribution in [2.24, 2.45) is 5.41 Å². The second-order valence-electron chi connectivity index (χ2n) is 4.32. The van der Waals surface area contributed by atoms with Crippen LogP contribution in [0.4, 0.5) is 0 Å². The average molecular weight is 208 g/mol. The maximum absolute atomic E-state index is 10.9. The quantitative estimate of drug-likeness (QED) is 0.799. The van der Waals surface area contributed by atoms with Crippen molar-refractivity contribution in [1.29, 1.82) is 0 Å². The van der Waals surface area contributed by atoms with Crippen molar-refractivity contribution in [2.45, 2.75) is 26.7 Å². The second-order valence-corrected chi connectivity index (χ2v) is 4.32. The first-order valence-corrected chi connectivity index (χ1v) is 4.94. The van der Waals surface area contributed by atoms with Gasteiger partial charge in [-0.2, -0.15) is 0 Å². The summed E-state index contributed by atoms with van der Waals surface area (Å²) in [6, 6.07) is 7.01. The summed E-state index contributed by atoms with van der Waals surface area (Å²) in [6.45, 7) is 3.38. The molecule has 0 atom stereocenters. The van der Waals surface area contributed by atoms with E-state index >= 15 is 0 Å². The number of hydrogen-bond acceptors (Lipinski definition) is 2. The molecule has 0 fully saturated rings. The predicted molar refractivity (Wildman–Crippen MR) is 57.8 cm³/mol. The topological polar surface area (TPSA) is 57.5 Å². The first kappa shape index (κ1) is 11.6. The molecule has 82 valence electrons. The SMILES string of the molecule is CC(C)(CCc1ccccc1O)C(=O)O. The Morgan fingerprint density at radius 2 is 1.93 bits per heavy atom. The van der Waals surface area contributed by atoms with Gasteiger partial charge in [0.15, 0.2) is 0 Å². The fraction of sp³-hybridized carbons (Fsp3) is 0.417. The Labute approximate surface area is 89.4 Å². The summed E-state index contributed by atoms with van der Waals surface area (Å²) in [5.41, 5.74) is 0.0502. The van der Waals surface area contributed by atoms with E-state index in [4.69, 9.17) is 5.11 Å². The highest BCUT2D eigenvalue weighted by Gasteiger charge is 2.26. The number of phenolic OH excluding ortho intramolecular Hbond substituents is 1. The highest BCUT2D eigenvalue weighted by Crippen LogP contribution is 2.26. The van der Waals surface area contributed by atoms with Crippen LogP contribution in [0.2, 0.25) is 0 Å². The van der Waals surface area contributed by atoms with E-state index in [1.54, 1.807) is 26.0 Å². The zero-order valence-corrected chi connectivity index (χ0v) is 9.03. The van der Waals surface area contributed by atoms with E-state index in [1.165, 1.54) is 0 Å². The second kappa shape index (κ2) is 4.34. The van der Waals surface area contributed by atoms with Gasteiger partial charge in [0, 0.05) is 0 Å². The van der Waals surface area contributed by atoms with Crippen LogP contribution in [0.5, 0.6) is 5.75 Å². The Morgan fingerprint density at radius 3 is 2.47 bits per heavy atom. The standard InChI is InChI=1S/C12H16O3/c1-12(2,11(14)15)8-7-9-5-3-4-6-10(9)13/h3-6,13H,7-8H2,1-2H3,(H,14,15). The van der Waals surface area contributed by atoms with Crippen molar-refractivity contribution in [1.82, 2.24) is 0 Å². The Kier molecular flexibility index (Phi) is 3.35. The van der Waals surface area contributed by atoms with E-state index in [0.29, 0.717) is 12.8 Å².